The van der Waals surface area contributed by atoms with Gasteiger partial charge in [0.05, 0.1) is 6.54 Å². The molecule has 1 amide bonds. The molecule has 0 saturated heterocycles. The van der Waals surface area contributed by atoms with Crippen molar-refractivity contribution in [3.05, 3.63) is 47.2 Å². The molecular formula is C25H31N3O2. The van der Waals surface area contributed by atoms with E-state index in [4.69, 9.17) is 4.74 Å². The number of hydrogen-bond donors (Lipinski definition) is 0. The van der Waals surface area contributed by atoms with Crippen LogP contribution in [-0.2, 0) is 11.3 Å². The summed E-state index contributed by atoms with van der Waals surface area (Å²) >= 11 is 0. The van der Waals surface area contributed by atoms with Crippen LogP contribution in [0.5, 0.6) is 0 Å². The molecule has 3 aliphatic rings. The Kier molecular flexibility index (Phi) is 5.47. The maximum Gasteiger partial charge on any atom is 0.255 e. The average molecular weight is 406 g/mol. The van der Waals surface area contributed by atoms with Crippen molar-refractivity contribution in [1.82, 2.24) is 9.47 Å². The number of carbonyl (C=O) groups is 1. The molecule has 5 heteroatoms. The minimum absolute atomic E-state index is 0.212. The van der Waals surface area contributed by atoms with E-state index in [-0.39, 0.29) is 5.91 Å². The summed E-state index contributed by atoms with van der Waals surface area (Å²) in [6, 6.07) is 9.03. The van der Waals surface area contributed by atoms with E-state index in [9.17, 15) is 4.79 Å². The lowest BCUT2D eigenvalue weighted by Crippen LogP contribution is -2.43. The first-order valence-corrected chi connectivity index (χ1v) is 11.4. The summed E-state index contributed by atoms with van der Waals surface area (Å²) in [5.74, 6) is 0.212. The zero-order valence-corrected chi connectivity index (χ0v) is 17.8. The molecule has 2 aromatic rings. The van der Waals surface area contributed by atoms with Crippen LogP contribution in [0.2, 0.25) is 0 Å². The molecule has 1 saturated carbocycles. The van der Waals surface area contributed by atoms with Crippen molar-refractivity contribution in [2.24, 2.45) is 4.99 Å². The fraction of sp³-hybridized carbons (Fsp3) is 0.520. The van der Waals surface area contributed by atoms with Gasteiger partial charge in [-0.1, -0.05) is 6.07 Å². The van der Waals surface area contributed by atoms with Crippen LogP contribution in [0.1, 0.15) is 55.3 Å². The van der Waals surface area contributed by atoms with Gasteiger partial charge in [0, 0.05) is 61.2 Å². The number of hydrogen-bond acceptors (Lipinski definition) is 3. The fourth-order valence-electron chi connectivity index (χ4n) is 5.08. The second-order valence-corrected chi connectivity index (χ2v) is 8.89. The standard InChI is InChI=1S/C25H31N3O2/c1-30-14-3-2-12-27-13-11-22-23(5-4-6-24(22)27)25(29)28(20-9-10-20)21-8-7-18-16-26-17-19(18)15-21/h4-6,11,13,17,20-21H,2-3,7-10,12,14-16H2,1H3. The summed E-state index contributed by atoms with van der Waals surface area (Å²) in [5.41, 5.74) is 4.88. The van der Waals surface area contributed by atoms with Crippen molar-refractivity contribution in [1.29, 1.82) is 0 Å². The summed E-state index contributed by atoms with van der Waals surface area (Å²) in [4.78, 5) is 20.5. The Hall–Kier alpha value is -2.40. The fourth-order valence-corrected chi connectivity index (χ4v) is 5.08. The topological polar surface area (TPSA) is 46.8 Å². The number of carbonyl (C=O) groups excluding carboxylic acids is 1. The number of amides is 1. The van der Waals surface area contributed by atoms with Gasteiger partial charge in [-0.15, -0.1) is 0 Å². The number of benzene rings is 1. The van der Waals surface area contributed by atoms with E-state index in [0.717, 1.165) is 81.1 Å². The number of nitrogens with zero attached hydrogens (tertiary/aromatic N) is 3. The Morgan fingerprint density at radius 2 is 2.10 bits per heavy atom. The molecule has 30 heavy (non-hydrogen) atoms. The van der Waals surface area contributed by atoms with E-state index in [1.165, 1.54) is 11.1 Å². The highest BCUT2D eigenvalue weighted by molar-refractivity contribution is 6.07. The Morgan fingerprint density at radius 1 is 1.20 bits per heavy atom. The van der Waals surface area contributed by atoms with Gasteiger partial charge in [0.2, 0.25) is 0 Å². The van der Waals surface area contributed by atoms with Gasteiger partial charge < -0.3 is 14.2 Å². The summed E-state index contributed by atoms with van der Waals surface area (Å²) in [7, 11) is 1.75. The van der Waals surface area contributed by atoms with Gasteiger partial charge >= 0.3 is 0 Å². The number of fused-ring (bicyclic) bond motifs is 1. The lowest BCUT2D eigenvalue weighted by Gasteiger charge is -2.35. The summed E-state index contributed by atoms with van der Waals surface area (Å²) in [5, 5.41) is 1.08. The number of aromatic nitrogens is 1. The van der Waals surface area contributed by atoms with Gasteiger partial charge in [-0.25, -0.2) is 0 Å². The van der Waals surface area contributed by atoms with Gasteiger partial charge in [0.25, 0.3) is 5.91 Å². The predicted octanol–water partition coefficient (Wildman–Crippen LogP) is 4.61. The molecule has 0 spiro atoms. The SMILES string of the molecule is COCCCCn1ccc2c(C(=O)N(C3CC3)C3CCC4=C(C=NC4)C3)cccc21. The summed E-state index contributed by atoms with van der Waals surface area (Å²) < 4.78 is 7.44. The highest BCUT2D eigenvalue weighted by Crippen LogP contribution is 2.38. The number of unbranched alkanes of at least 4 members (excludes halogenated alkanes) is 1. The monoisotopic (exact) mass is 405 g/mol. The van der Waals surface area contributed by atoms with Crippen LogP contribution in [0.3, 0.4) is 0 Å². The van der Waals surface area contributed by atoms with Gasteiger partial charge in [0.1, 0.15) is 0 Å². The third-order valence-electron chi connectivity index (χ3n) is 6.83. The molecule has 1 aromatic heterocycles. The van der Waals surface area contributed by atoms with Gasteiger partial charge in [-0.2, -0.15) is 0 Å². The normalized spacial score (nSPS) is 20.8. The Bertz CT molecular complexity index is 999. The molecule has 2 aliphatic carbocycles. The van der Waals surface area contributed by atoms with E-state index in [1.54, 1.807) is 7.11 Å². The largest absolute Gasteiger partial charge is 0.385 e. The number of methoxy groups -OCH3 is 1. The molecular weight excluding hydrogens is 374 g/mol. The van der Waals surface area contributed by atoms with Crippen LogP contribution in [-0.4, -0.2) is 53.9 Å². The van der Waals surface area contributed by atoms with Crippen molar-refractivity contribution < 1.29 is 9.53 Å². The zero-order valence-electron chi connectivity index (χ0n) is 17.8. The Labute approximate surface area is 178 Å². The average Bonchev–Trinajstić information content (AvgIpc) is 3.33. The number of ether oxygens (including phenoxy) is 1. The van der Waals surface area contributed by atoms with Crippen molar-refractivity contribution in [3.8, 4) is 0 Å². The Morgan fingerprint density at radius 3 is 2.93 bits per heavy atom. The minimum atomic E-state index is 0.212. The molecule has 158 valence electrons. The summed E-state index contributed by atoms with van der Waals surface area (Å²) in [6.07, 6.45) is 11.7. The van der Waals surface area contributed by atoms with Crippen LogP contribution >= 0.6 is 0 Å². The third kappa shape index (κ3) is 3.71. The molecule has 1 fully saturated rings. The quantitative estimate of drug-likeness (QED) is 0.602. The van der Waals surface area contributed by atoms with E-state index in [1.807, 2.05) is 18.3 Å². The number of aryl methyl sites for hydroxylation is 1. The smallest absolute Gasteiger partial charge is 0.255 e. The molecule has 0 radical (unpaired) electrons. The van der Waals surface area contributed by atoms with Crippen LogP contribution in [0.4, 0.5) is 0 Å². The molecule has 0 bridgehead atoms. The molecule has 1 aliphatic heterocycles. The van der Waals surface area contributed by atoms with Crippen molar-refractivity contribution in [3.63, 3.8) is 0 Å². The number of rotatable bonds is 8. The first-order valence-electron chi connectivity index (χ1n) is 11.4. The first-order chi connectivity index (χ1) is 14.8. The summed E-state index contributed by atoms with van der Waals surface area (Å²) in [6.45, 7) is 2.62. The van der Waals surface area contributed by atoms with Crippen molar-refractivity contribution >= 4 is 23.0 Å². The van der Waals surface area contributed by atoms with Crippen molar-refractivity contribution in [2.75, 3.05) is 20.3 Å². The van der Waals surface area contributed by atoms with Gasteiger partial charge in [0.15, 0.2) is 0 Å². The maximum atomic E-state index is 13.8. The second-order valence-electron chi connectivity index (χ2n) is 8.89. The van der Waals surface area contributed by atoms with Crippen LogP contribution < -0.4 is 0 Å². The molecule has 1 aromatic carbocycles. The van der Waals surface area contributed by atoms with Gasteiger partial charge in [-0.05, 0) is 74.3 Å². The number of aliphatic imine (C=N–C) groups is 1. The lowest BCUT2D eigenvalue weighted by molar-refractivity contribution is 0.0647. The molecule has 5 nitrogen and oxygen atoms in total. The highest BCUT2D eigenvalue weighted by atomic mass is 16.5. The first kappa shape index (κ1) is 19.6. The Balaban J connectivity index is 1.39. The lowest BCUT2D eigenvalue weighted by atomic mass is 9.88. The van der Waals surface area contributed by atoms with E-state index in [2.05, 4.69) is 32.8 Å². The molecule has 1 unspecified atom stereocenters. The second kappa shape index (κ2) is 8.38. The zero-order chi connectivity index (χ0) is 20.5. The maximum absolute atomic E-state index is 13.8. The van der Waals surface area contributed by atoms with Crippen LogP contribution in [0.15, 0.2) is 46.6 Å². The van der Waals surface area contributed by atoms with E-state index in [0.29, 0.717) is 12.1 Å². The van der Waals surface area contributed by atoms with Gasteiger partial charge in [-0.3, -0.25) is 9.79 Å². The molecule has 5 rings (SSSR count). The molecule has 1 atom stereocenters. The minimum Gasteiger partial charge on any atom is -0.385 e. The highest BCUT2D eigenvalue weighted by Gasteiger charge is 2.39. The predicted molar refractivity (Wildman–Crippen MR) is 120 cm³/mol. The molecule has 2 heterocycles. The van der Waals surface area contributed by atoms with Crippen LogP contribution in [0, 0.1) is 0 Å². The van der Waals surface area contributed by atoms with E-state index >= 15 is 0 Å². The third-order valence-corrected chi connectivity index (χ3v) is 6.83. The van der Waals surface area contributed by atoms with Crippen molar-refractivity contribution in [2.45, 2.75) is 63.6 Å². The van der Waals surface area contributed by atoms with Crippen LogP contribution in [0.25, 0.3) is 10.9 Å². The van der Waals surface area contributed by atoms with E-state index < -0.39 is 0 Å². The molecule has 0 N–H and O–H groups in total.